The molecule has 5 rings (SSSR count). The fraction of sp³-hybridized carbons (Fsp3) is 0.250. The Hall–Kier alpha value is -4.13. The monoisotopic (exact) mass is 473 g/mol. The largest absolute Gasteiger partial charge is 0.493 e. The third-order valence-corrected chi connectivity index (χ3v) is 6.56. The van der Waals surface area contributed by atoms with Crippen molar-refractivity contribution >= 4 is 43.2 Å². The summed E-state index contributed by atoms with van der Waals surface area (Å²) >= 11 is 0. The molecule has 0 unspecified atom stereocenters. The Morgan fingerprint density at radius 2 is 0.743 bits per heavy atom. The third kappa shape index (κ3) is 3.30. The number of hydrogen-bond acceptors (Lipinski definition) is 7. The third-order valence-electron chi connectivity index (χ3n) is 6.56. The smallest absolute Gasteiger partial charge is 0.161 e. The lowest BCUT2D eigenvalue weighted by atomic mass is 9.92. The molecule has 35 heavy (non-hydrogen) atoms. The van der Waals surface area contributed by atoms with Crippen LogP contribution in [0.15, 0.2) is 36.4 Å². The molecule has 0 radical (unpaired) electrons. The number of hydrogen-bond donors (Lipinski definition) is 0. The summed E-state index contributed by atoms with van der Waals surface area (Å²) in [5, 5.41) is 6.82. The minimum absolute atomic E-state index is 0.632. The van der Waals surface area contributed by atoms with Crippen LogP contribution in [0.4, 0.5) is 0 Å². The number of fused-ring (bicyclic) bond motifs is 8. The number of benzene rings is 4. The van der Waals surface area contributed by atoms with E-state index in [1.807, 2.05) is 43.3 Å². The summed E-state index contributed by atoms with van der Waals surface area (Å²) in [6, 6.07) is 11.9. The average Bonchev–Trinajstić information content (AvgIpc) is 2.90. The zero-order chi connectivity index (χ0) is 24.9. The van der Waals surface area contributed by atoms with Gasteiger partial charge in [0.15, 0.2) is 34.5 Å². The summed E-state index contributed by atoms with van der Waals surface area (Å²) in [4.78, 5) is 5.08. The first-order valence-electron chi connectivity index (χ1n) is 11.1. The van der Waals surface area contributed by atoms with Crippen molar-refractivity contribution in [3.8, 4) is 34.5 Å². The van der Waals surface area contributed by atoms with Crippen molar-refractivity contribution in [2.75, 3.05) is 42.7 Å². The molecule has 1 heterocycles. The molecule has 0 N–H and O–H groups in total. The van der Waals surface area contributed by atoms with Crippen molar-refractivity contribution in [3.05, 3.63) is 42.1 Å². The summed E-state index contributed by atoms with van der Waals surface area (Å²) in [7, 11) is 9.80. The number of methoxy groups -OCH3 is 6. The van der Waals surface area contributed by atoms with Gasteiger partial charge in [-0.15, -0.1) is 0 Å². The van der Waals surface area contributed by atoms with Gasteiger partial charge in [0.2, 0.25) is 0 Å². The minimum atomic E-state index is 0.632. The minimum Gasteiger partial charge on any atom is -0.493 e. The van der Waals surface area contributed by atoms with E-state index in [4.69, 9.17) is 33.4 Å². The van der Waals surface area contributed by atoms with Gasteiger partial charge in [0.1, 0.15) is 0 Å². The molecule has 0 aliphatic carbocycles. The number of rotatable bonds is 6. The SMILES string of the molecule is COc1cc2c(C)nc3c4cc(OC)c(OC)cc4c4cc(OC)c(OC)cc4c3c2cc1OC. The molecule has 0 bridgehead atoms. The predicted molar refractivity (Wildman–Crippen MR) is 138 cm³/mol. The van der Waals surface area contributed by atoms with E-state index in [9.17, 15) is 0 Å². The van der Waals surface area contributed by atoms with E-state index in [-0.39, 0.29) is 0 Å². The number of pyridine rings is 1. The normalized spacial score (nSPS) is 11.3. The predicted octanol–water partition coefficient (Wildman–Crippen LogP) is 6.05. The van der Waals surface area contributed by atoms with Crippen LogP contribution in [0, 0.1) is 6.92 Å². The molecule has 0 aliphatic rings. The molecule has 180 valence electrons. The fourth-order valence-electron chi connectivity index (χ4n) is 4.87. The number of aromatic nitrogens is 1. The highest BCUT2D eigenvalue weighted by Crippen LogP contribution is 2.47. The van der Waals surface area contributed by atoms with E-state index in [1.54, 1.807) is 42.7 Å². The molecular weight excluding hydrogens is 446 g/mol. The van der Waals surface area contributed by atoms with Crippen LogP contribution in [0.1, 0.15) is 5.69 Å². The van der Waals surface area contributed by atoms with Crippen LogP contribution in [0.3, 0.4) is 0 Å². The van der Waals surface area contributed by atoms with Crippen LogP contribution in [-0.2, 0) is 0 Å². The highest BCUT2D eigenvalue weighted by molar-refractivity contribution is 6.31. The van der Waals surface area contributed by atoms with Crippen LogP contribution in [0.5, 0.6) is 34.5 Å². The van der Waals surface area contributed by atoms with Gasteiger partial charge in [0.25, 0.3) is 0 Å². The van der Waals surface area contributed by atoms with Crippen molar-refractivity contribution in [1.29, 1.82) is 0 Å². The van der Waals surface area contributed by atoms with Gasteiger partial charge in [0, 0.05) is 21.9 Å². The maximum absolute atomic E-state index is 5.67. The lowest BCUT2D eigenvalue weighted by molar-refractivity contribution is 0.355. The summed E-state index contributed by atoms with van der Waals surface area (Å²) in [6.07, 6.45) is 0. The van der Waals surface area contributed by atoms with Gasteiger partial charge in [-0.1, -0.05) is 0 Å². The van der Waals surface area contributed by atoms with Gasteiger partial charge in [0.05, 0.1) is 48.2 Å². The van der Waals surface area contributed by atoms with E-state index in [0.29, 0.717) is 34.5 Å². The Labute approximate surface area is 203 Å². The molecule has 1 aromatic heterocycles. The van der Waals surface area contributed by atoms with Gasteiger partial charge in [-0.25, -0.2) is 0 Å². The number of aryl methyl sites for hydroxylation is 1. The molecule has 0 saturated carbocycles. The molecule has 5 aromatic rings. The fourth-order valence-corrected chi connectivity index (χ4v) is 4.87. The Kier molecular flexibility index (Phi) is 5.55. The second-order valence-corrected chi connectivity index (χ2v) is 8.18. The first-order valence-corrected chi connectivity index (χ1v) is 11.1. The van der Waals surface area contributed by atoms with Crippen LogP contribution in [0.25, 0.3) is 43.2 Å². The van der Waals surface area contributed by atoms with Gasteiger partial charge in [-0.3, -0.25) is 4.98 Å². The van der Waals surface area contributed by atoms with E-state index in [2.05, 4.69) is 0 Å². The van der Waals surface area contributed by atoms with Gasteiger partial charge in [-0.05, 0) is 64.9 Å². The lowest BCUT2D eigenvalue weighted by Gasteiger charge is -2.18. The molecule has 0 aliphatic heterocycles. The molecule has 0 spiro atoms. The molecule has 0 saturated heterocycles. The quantitative estimate of drug-likeness (QED) is 0.278. The van der Waals surface area contributed by atoms with Gasteiger partial charge < -0.3 is 28.4 Å². The van der Waals surface area contributed by atoms with E-state index in [0.717, 1.165) is 48.9 Å². The molecule has 7 heteroatoms. The second kappa shape index (κ2) is 8.58. The number of nitrogens with zero attached hydrogens (tertiary/aromatic N) is 1. The summed E-state index contributed by atoms with van der Waals surface area (Å²) in [5.41, 5.74) is 1.72. The Bertz CT molecular complexity index is 1630. The molecule has 0 fully saturated rings. The lowest BCUT2D eigenvalue weighted by Crippen LogP contribution is -1.97. The summed E-state index contributed by atoms with van der Waals surface area (Å²) in [5.74, 6) is 3.84. The van der Waals surface area contributed by atoms with Crippen LogP contribution in [0.2, 0.25) is 0 Å². The van der Waals surface area contributed by atoms with Crippen molar-refractivity contribution in [1.82, 2.24) is 4.98 Å². The highest BCUT2D eigenvalue weighted by atomic mass is 16.5. The topological polar surface area (TPSA) is 68.3 Å². The zero-order valence-electron chi connectivity index (χ0n) is 20.9. The Morgan fingerprint density at radius 1 is 0.429 bits per heavy atom. The molecular formula is C28H27NO6. The van der Waals surface area contributed by atoms with E-state index in [1.165, 1.54) is 0 Å². The van der Waals surface area contributed by atoms with Gasteiger partial charge in [-0.2, -0.15) is 0 Å². The van der Waals surface area contributed by atoms with E-state index >= 15 is 0 Å². The molecule has 0 amide bonds. The van der Waals surface area contributed by atoms with Gasteiger partial charge >= 0.3 is 0 Å². The molecule has 4 aromatic carbocycles. The first-order chi connectivity index (χ1) is 17.0. The van der Waals surface area contributed by atoms with Crippen molar-refractivity contribution in [2.45, 2.75) is 6.92 Å². The van der Waals surface area contributed by atoms with Crippen molar-refractivity contribution in [3.63, 3.8) is 0 Å². The zero-order valence-corrected chi connectivity index (χ0v) is 20.9. The van der Waals surface area contributed by atoms with Crippen LogP contribution < -0.4 is 28.4 Å². The second-order valence-electron chi connectivity index (χ2n) is 8.18. The molecule has 7 nitrogen and oxygen atoms in total. The van der Waals surface area contributed by atoms with Crippen LogP contribution in [-0.4, -0.2) is 47.6 Å². The standard InChI is InChI=1S/C28H27NO6/c1-14-15-8-21(30-2)24(33-5)11-18(15)27-19-12-25(34-6)22(31-3)9-16(19)17-10-23(32-4)26(35-7)13-20(17)28(27)29-14/h8-13H,1-7H3. The van der Waals surface area contributed by atoms with Crippen molar-refractivity contribution < 1.29 is 28.4 Å². The summed E-state index contributed by atoms with van der Waals surface area (Å²) < 4.78 is 33.8. The average molecular weight is 474 g/mol. The maximum Gasteiger partial charge on any atom is 0.161 e. The maximum atomic E-state index is 5.67. The highest BCUT2D eigenvalue weighted by Gasteiger charge is 2.21. The van der Waals surface area contributed by atoms with E-state index < -0.39 is 0 Å². The Morgan fingerprint density at radius 3 is 1.17 bits per heavy atom. The van der Waals surface area contributed by atoms with Crippen molar-refractivity contribution in [2.24, 2.45) is 0 Å². The van der Waals surface area contributed by atoms with Crippen LogP contribution >= 0.6 is 0 Å². The summed E-state index contributed by atoms with van der Waals surface area (Å²) in [6.45, 7) is 2.00. The molecule has 0 atom stereocenters. The Balaban J connectivity index is 2.12. The first kappa shape index (κ1) is 22.7. The number of ether oxygens (including phenoxy) is 6.